The molecule has 5 heteroatoms. The lowest BCUT2D eigenvalue weighted by atomic mass is 9.93. The summed E-state index contributed by atoms with van der Waals surface area (Å²) in [5.74, 6) is 0. The fraction of sp³-hybridized carbons (Fsp3) is 0.318. The Morgan fingerprint density at radius 1 is 1.11 bits per heavy atom. The topological polar surface area (TPSA) is 30.3 Å². The lowest BCUT2D eigenvalue weighted by Crippen LogP contribution is -2.19. The van der Waals surface area contributed by atoms with E-state index in [2.05, 4.69) is 78.9 Å². The molecule has 0 aliphatic rings. The van der Waals surface area contributed by atoms with Gasteiger partial charge in [0.25, 0.3) is 0 Å². The van der Waals surface area contributed by atoms with Gasteiger partial charge in [-0.1, -0.05) is 43.3 Å². The second-order valence-corrected chi connectivity index (χ2v) is 7.62. The minimum Gasteiger partial charge on any atom is -0.397 e. The van der Waals surface area contributed by atoms with Crippen LogP contribution in [-0.2, 0) is 0 Å². The smallest absolute Gasteiger partial charge is 0.118 e. The van der Waals surface area contributed by atoms with Crippen LogP contribution in [0.15, 0.2) is 60.2 Å². The zero-order chi connectivity index (χ0) is 19.1. The highest BCUT2D eigenvalue weighted by Gasteiger charge is 2.15. The van der Waals surface area contributed by atoms with Crippen molar-refractivity contribution in [2.24, 2.45) is 0 Å². The summed E-state index contributed by atoms with van der Waals surface area (Å²) in [5.41, 5.74) is 4.85. The minimum absolute atomic E-state index is 0.648. The van der Waals surface area contributed by atoms with Gasteiger partial charge in [0.15, 0.2) is 0 Å². The molecule has 3 rings (SSSR count). The van der Waals surface area contributed by atoms with E-state index in [0.717, 1.165) is 24.9 Å². The maximum Gasteiger partial charge on any atom is 0.118 e. The number of thiophene rings is 1. The molecule has 0 atom stereocenters. The summed E-state index contributed by atoms with van der Waals surface area (Å²) in [6.45, 7) is 3.86. The van der Waals surface area contributed by atoms with Gasteiger partial charge in [-0.25, -0.2) is 0 Å². The first-order chi connectivity index (χ1) is 13.2. The Morgan fingerprint density at radius 2 is 1.93 bits per heavy atom. The van der Waals surface area contributed by atoms with E-state index < -0.39 is 0 Å². The van der Waals surface area contributed by atoms with Gasteiger partial charge < -0.3 is 9.74 Å². The van der Waals surface area contributed by atoms with Crippen molar-refractivity contribution in [1.29, 1.82) is 0 Å². The number of aromatic nitrogens is 2. The Labute approximate surface area is 165 Å². The van der Waals surface area contributed by atoms with Crippen molar-refractivity contribution in [1.82, 2.24) is 14.8 Å². The van der Waals surface area contributed by atoms with Crippen molar-refractivity contribution >= 4 is 22.5 Å². The number of allylic oxidation sites excluding steroid dienone is 1. The van der Waals surface area contributed by atoms with Crippen LogP contribution >= 0.6 is 11.3 Å². The molecule has 142 valence electrons. The van der Waals surface area contributed by atoms with E-state index in [1.807, 2.05) is 12.4 Å². The first kappa shape index (κ1) is 19.4. The summed E-state index contributed by atoms with van der Waals surface area (Å²) in [5, 5.41) is 6.56. The van der Waals surface area contributed by atoms with Crippen LogP contribution < -0.4 is 4.84 Å². The molecule has 3 aromatic rings. The monoisotopic (exact) mass is 381 g/mol. The molecule has 1 aromatic carbocycles. The number of hydrogen-bond acceptors (Lipinski definition) is 4. The van der Waals surface area contributed by atoms with Crippen LogP contribution in [-0.4, -0.2) is 42.1 Å². The highest BCUT2D eigenvalue weighted by atomic mass is 32.1. The lowest BCUT2D eigenvalue weighted by Gasteiger charge is -2.13. The molecular weight excluding hydrogens is 354 g/mol. The number of hydrogen-bond donors (Lipinski definition) is 0. The zero-order valence-electron chi connectivity index (χ0n) is 16.3. The van der Waals surface area contributed by atoms with Crippen molar-refractivity contribution in [3.8, 4) is 0 Å². The number of rotatable bonds is 9. The standard InChI is InChI=1S/C22H27N3OS/c1-4-20(21-12-8-15-27-21)22(18-10-6-5-7-11-18)19-16-23-25(17-19)26-14-9-13-24(2)3/h5-8,10-12,15-17H,4,9,13-14H2,1-3H3. The molecule has 0 radical (unpaired) electrons. The van der Waals surface area contributed by atoms with Crippen molar-refractivity contribution in [3.05, 3.63) is 76.2 Å². The second kappa shape index (κ2) is 9.53. The van der Waals surface area contributed by atoms with Gasteiger partial charge in [0.05, 0.1) is 12.4 Å². The predicted octanol–water partition coefficient (Wildman–Crippen LogP) is 4.69. The second-order valence-electron chi connectivity index (χ2n) is 6.67. The molecule has 0 aliphatic carbocycles. The summed E-state index contributed by atoms with van der Waals surface area (Å²) in [6.07, 6.45) is 5.82. The first-order valence-corrected chi connectivity index (χ1v) is 10.2. The maximum atomic E-state index is 5.79. The quantitative estimate of drug-likeness (QED) is 0.504. The van der Waals surface area contributed by atoms with E-state index >= 15 is 0 Å². The fourth-order valence-corrected chi connectivity index (χ4v) is 3.94. The number of nitrogens with zero attached hydrogens (tertiary/aromatic N) is 3. The predicted molar refractivity (Wildman–Crippen MR) is 114 cm³/mol. The Morgan fingerprint density at radius 3 is 2.59 bits per heavy atom. The van der Waals surface area contributed by atoms with E-state index in [0.29, 0.717) is 6.61 Å². The zero-order valence-corrected chi connectivity index (χ0v) is 17.1. The third kappa shape index (κ3) is 5.08. The molecule has 0 fully saturated rings. The molecule has 0 saturated heterocycles. The van der Waals surface area contributed by atoms with E-state index in [-0.39, 0.29) is 0 Å². The molecule has 0 saturated carbocycles. The van der Waals surface area contributed by atoms with E-state index in [4.69, 9.17) is 4.84 Å². The molecule has 27 heavy (non-hydrogen) atoms. The SMILES string of the molecule is CCC(=C(c1ccccc1)c1cnn(OCCCN(C)C)c1)c1cccs1. The molecule has 0 aliphatic heterocycles. The van der Waals surface area contributed by atoms with Crippen LogP contribution in [0.25, 0.3) is 11.1 Å². The number of benzene rings is 1. The van der Waals surface area contributed by atoms with E-state index in [9.17, 15) is 0 Å². The normalized spacial score (nSPS) is 12.3. The summed E-state index contributed by atoms with van der Waals surface area (Å²) >= 11 is 1.78. The van der Waals surface area contributed by atoms with Gasteiger partial charge in [-0.15, -0.1) is 21.3 Å². The Bertz CT molecular complexity index is 851. The van der Waals surface area contributed by atoms with Crippen LogP contribution in [0.5, 0.6) is 0 Å². The first-order valence-electron chi connectivity index (χ1n) is 9.34. The highest BCUT2D eigenvalue weighted by molar-refractivity contribution is 7.11. The van der Waals surface area contributed by atoms with Gasteiger partial charge in [-0.3, -0.25) is 0 Å². The summed E-state index contributed by atoms with van der Waals surface area (Å²) < 4.78 is 0. The van der Waals surface area contributed by atoms with Gasteiger partial charge in [0.2, 0.25) is 0 Å². The maximum absolute atomic E-state index is 5.79. The summed E-state index contributed by atoms with van der Waals surface area (Å²) in [4.78, 5) is 10.8. The molecule has 0 bridgehead atoms. The molecule has 2 aromatic heterocycles. The van der Waals surface area contributed by atoms with Crippen molar-refractivity contribution in [2.75, 3.05) is 27.2 Å². The average Bonchev–Trinajstić information content (AvgIpc) is 3.36. The van der Waals surface area contributed by atoms with Crippen molar-refractivity contribution in [2.45, 2.75) is 19.8 Å². The molecule has 0 amide bonds. The average molecular weight is 382 g/mol. The van der Waals surface area contributed by atoms with Crippen molar-refractivity contribution < 1.29 is 4.84 Å². The van der Waals surface area contributed by atoms with Crippen molar-refractivity contribution in [3.63, 3.8) is 0 Å². The van der Waals surface area contributed by atoms with Crippen LogP contribution in [0, 0.1) is 0 Å². The Kier molecular flexibility index (Phi) is 6.85. The molecule has 0 N–H and O–H groups in total. The van der Waals surface area contributed by atoms with Crippen LogP contribution in [0.4, 0.5) is 0 Å². The molecule has 4 nitrogen and oxygen atoms in total. The Hall–Kier alpha value is -2.37. The largest absolute Gasteiger partial charge is 0.397 e. The van der Waals surface area contributed by atoms with Gasteiger partial charge in [0, 0.05) is 17.0 Å². The molecular formula is C22H27N3OS. The summed E-state index contributed by atoms with van der Waals surface area (Å²) in [6, 6.07) is 14.8. The molecule has 2 heterocycles. The minimum atomic E-state index is 0.648. The highest BCUT2D eigenvalue weighted by Crippen LogP contribution is 2.35. The van der Waals surface area contributed by atoms with Gasteiger partial charge in [0.1, 0.15) is 6.61 Å². The molecule has 0 unspecified atom stereocenters. The Balaban J connectivity index is 1.91. The molecule has 0 spiro atoms. The van der Waals surface area contributed by atoms with Crippen LogP contribution in [0.1, 0.15) is 35.8 Å². The van der Waals surface area contributed by atoms with Gasteiger partial charge >= 0.3 is 0 Å². The third-order valence-electron chi connectivity index (χ3n) is 4.36. The third-order valence-corrected chi connectivity index (χ3v) is 5.29. The van der Waals surface area contributed by atoms with E-state index in [1.54, 1.807) is 16.2 Å². The van der Waals surface area contributed by atoms with E-state index in [1.165, 1.54) is 21.6 Å². The lowest BCUT2D eigenvalue weighted by molar-refractivity contribution is 0.0770. The summed E-state index contributed by atoms with van der Waals surface area (Å²) in [7, 11) is 4.14. The van der Waals surface area contributed by atoms with Crippen LogP contribution in [0.3, 0.4) is 0 Å². The van der Waals surface area contributed by atoms with Crippen LogP contribution in [0.2, 0.25) is 0 Å². The van der Waals surface area contributed by atoms with Gasteiger partial charge in [-0.2, -0.15) is 0 Å². The fourth-order valence-electron chi connectivity index (χ4n) is 3.09. The van der Waals surface area contributed by atoms with Gasteiger partial charge in [-0.05, 0) is 55.1 Å².